The van der Waals surface area contributed by atoms with Crippen molar-refractivity contribution in [2.24, 2.45) is 23.7 Å². The van der Waals surface area contributed by atoms with Gasteiger partial charge in [-0.05, 0) is 41.0 Å². The summed E-state index contributed by atoms with van der Waals surface area (Å²) in [5.74, 6) is -2.05. The number of pyridine rings is 1. The van der Waals surface area contributed by atoms with Crippen LogP contribution in [0.1, 0.15) is 12.0 Å². The third-order valence-electron chi connectivity index (χ3n) is 5.46. The molecule has 2 aliphatic rings. The number of carboxylic acid groups (broad SMARTS) is 1. The van der Waals surface area contributed by atoms with Crippen LogP contribution in [-0.4, -0.2) is 22.0 Å². The van der Waals surface area contributed by atoms with Gasteiger partial charge in [0.1, 0.15) is 0 Å². The second kappa shape index (κ2) is 6.75. The van der Waals surface area contributed by atoms with Crippen molar-refractivity contribution in [3.8, 4) is 11.1 Å². The molecule has 26 heavy (non-hydrogen) atoms. The van der Waals surface area contributed by atoms with Crippen LogP contribution in [0.4, 0.5) is 0 Å². The molecule has 1 fully saturated rings. The minimum atomic E-state index is -0.872. The van der Waals surface area contributed by atoms with Gasteiger partial charge in [-0.15, -0.1) is 0 Å². The zero-order valence-electron chi connectivity index (χ0n) is 14.2. The maximum atomic E-state index is 12.6. The lowest BCUT2D eigenvalue weighted by atomic mass is 9.82. The molecule has 4 atom stereocenters. The van der Waals surface area contributed by atoms with Gasteiger partial charge in [0, 0.05) is 18.9 Å². The number of nitrogens with one attached hydrogen (secondary N) is 1. The van der Waals surface area contributed by atoms with Gasteiger partial charge in [-0.2, -0.15) is 0 Å². The van der Waals surface area contributed by atoms with E-state index in [1.54, 1.807) is 6.20 Å². The van der Waals surface area contributed by atoms with Gasteiger partial charge in [0.05, 0.1) is 11.8 Å². The highest BCUT2D eigenvalue weighted by atomic mass is 16.4. The highest BCUT2D eigenvalue weighted by Crippen LogP contribution is 2.48. The van der Waals surface area contributed by atoms with E-state index in [0.717, 1.165) is 23.1 Å². The highest BCUT2D eigenvalue weighted by molar-refractivity contribution is 5.86. The number of aromatic nitrogens is 1. The van der Waals surface area contributed by atoms with Crippen molar-refractivity contribution in [2.75, 3.05) is 0 Å². The van der Waals surface area contributed by atoms with Crippen LogP contribution >= 0.6 is 0 Å². The molecular formula is C21H20N2O3. The van der Waals surface area contributed by atoms with Crippen LogP contribution < -0.4 is 5.32 Å². The average molecular weight is 348 g/mol. The summed E-state index contributed by atoms with van der Waals surface area (Å²) in [7, 11) is 0. The molecule has 2 N–H and O–H groups in total. The topological polar surface area (TPSA) is 79.3 Å². The van der Waals surface area contributed by atoms with E-state index in [1.165, 1.54) is 0 Å². The first-order valence-corrected chi connectivity index (χ1v) is 8.81. The van der Waals surface area contributed by atoms with Gasteiger partial charge in [0.25, 0.3) is 0 Å². The summed E-state index contributed by atoms with van der Waals surface area (Å²) < 4.78 is 0. The Balaban J connectivity index is 1.40. The van der Waals surface area contributed by atoms with Crippen LogP contribution in [-0.2, 0) is 16.1 Å². The molecule has 0 spiro atoms. The molecule has 1 amide bonds. The summed E-state index contributed by atoms with van der Waals surface area (Å²) in [4.78, 5) is 28.2. The number of amides is 1. The number of allylic oxidation sites excluding steroid dienone is 2. The van der Waals surface area contributed by atoms with Crippen LogP contribution in [0, 0.1) is 23.7 Å². The quantitative estimate of drug-likeness (QED) is 0.815. The van der Waals surface area contributed by atoms with E-state index < -0.39 is 17.8 Å². The monoisotopic (exact) mass is 348 g/mol. The van der Waals surface area contributed by atoms with E-state index >= 15 is 0 Å². The smallest absolute Gasteiger partial charge is 0.307 e. The van der Waals surface area contributed by atoms with Crippen molar-refractivity contribution in [3.05, 3.63) is 66.5 Å². The number of fused-ring (bicyclic) bond motifs is 2. The molecule has 0 saturated heterocycles. The van der Waals surface area contributed by atoms with Crippen molar-refractivity contribution < 1.29 is 14.7 Å². The first-order valence-electron chi connectivity index (χ1n) is 8.81. The van der Waals surface area contributed by atoms with Crippen molar-refractivity contribution >= 4 is 11.9 Å². The molecule has 4 rings (SSSR count). The molecule has 5 heteroatoms. The molecule has 1 heterocycles. The number of hydrogen-bond donors (Lipinski definition) is 2. The Kier molecular flexibility index (Phi) is 4.29. The van der Waals surface area contributed by atoms with Crippen molar-refractivity contribution in [3.63, 3.8) is 0 Å². The van der Waals surface area contributed by atoms with Crippen LogP contribution in [0.5, 0.6) is 0 Å². The summed E-state index contributed by atoms with van der Waals surface area (Å²) in [6.45, 7) is 0.399. The standard InChI is InChI=1S/C21H20N2O3/c24-20(18-15-7-8-16(10-15)19(18)21(25)26)23-11-13-3-5-14(6-4-13)17-2-1-9-22-12-17/h1-9,12,15-16,18-19H,10-11H2,(H,23,24)(H,25,26)/t15-,16-,18+,19+/m0/s1. The van der Waals surface area contributed by atoms with Crippen molar-refractivity contribution in [1.82, 2.24) is 10.3 Å². The van der Waals surface area contributed by atoms with Gasteiger partial charge in [-0.1, -0.05) is 42.5 Å². The molecule has 2 aliphatic carbocycles. The van der Waals surface area contributed by atoms with Crippen molar-refractivity contribution in [2.45, 2.75) is 13.0 Å². The van der Waals surface area contributed by atoms with E-state index in [4.69, 9.17) is 0 Å². The fraction of sp³-hybridized carbons (Fsp3) is 0.286. The van der Waals surface area contributed by atoms with Gasteiger partial charge >= 0.3 is 5.97 Å². The Morgan fingerprint density at radius 3 is 2.42 bits per heavy atom. The zero-order chi connectivity index (χ0) is 18.1. The molecule has 5 nitrogen and oxygen atoms in total. The molecule has 2 aromatic rings. The summed E-state index contributed by atoms with van der Waals surface area (Å²) in [5.41, 5.74) is 3.09. The van der Waals surface area contributed by atoms with Gasteiger partial charge in [-0.3, -0.25) is 14.6 Å². The van der Waals surface area contributed by atoms with E-state index in [1.807, 2.05) is 54.7 Å². The highest BCUT2D eigenvalue weighted by Gasteiger charge is 2.51. The van der Waals surface area contributed by atoms with Gasteiger partial charge in [0.15, 0.2) is 0 Å². The molecule has 0 unspecified atom stereocenters. The molecule has 132 valence electrons. The first-order chi connectivity index (χ1) is 12.6. The van der Waals surface area contributed by atoms with E-state index in [9.17, 15) is 14.7 Å². The maximum absolute atomic E-state index is 12.6. The Hall–Kier alpha value is -2.95. The third kappa shape index (κ3) is 3.01. The van der Waals surface area contributed by atoms with Gasteiger partial charge in [-0.25, -0.2) is 0 Å². The number of hydrogen-bond acceptors (Lipinski definition) is 3. The van der Waals surface area contributed by atoms with Crippen molar-refractivity contribution in [1.29, 1.82) is 0 Å². The zero-order valence-corrected chi connectivity index (χ0v) is 14.2. The molecule has 1 saturated carbocycles. The first kappa shape index (κ1) is 16.5. The van der Waals surface area contributed by atoms with Crippen LogP contribution in [0.25, 0.3) is 11.1 Å². The lowest BCUT2D eigenvalue weighted by Gasteiger charge is -2.23. The number of rotatable bonds is 5. The van der Waals surface area contributed by atoms with Gasteiger partial charge in [0.2, 0.25) is 5.91 Å². The number of carbonyl (C=O) groups is 2. The van der Waals surface area contributed by atoms with Gasteiger partial charge < -0.3 is 10.4 Å². The number of benzene rings is 1. The number of aliphatic carboxylic acids is 1. The molecule has 0 aliphatic heterocycles. The number of nitrogens with zero attached hydrogens (tertiary/aromatic N) is 1. The molecule has 1 aromatic carbocycles. The largest absolute Gasteiger partial charge is 0.481 e. The number of carbonyl (C=O) groups excluding carboxylic acids is 1. The summed E-state index contributed by atoms with van der Waals surface area (Å²) in [6, 6.07) is 11.8. The molecular weight excluding hydrogens is 328 g/mol. The second-order valence-corrected chi connectivity index (χ2v) is 6.99. The third-order valence-corrected chi connectivity index (χ3v) is 5.46. The van der Waals surface area contributed by atoms with E-state index in [2.05, 4.69) is 10.3 Å². The normalized spacial score (nSPS) is 26.0. The van der Waals surface area contributed by atoms with Crippen LogP contribution in [0.3, 0.4) is 0 Å². The predicted molar refractivity (Wildman–Crippen MR) is 96.9 cm³/mol. The molecule has 1 aromatic heterocycles. The Morgan fingerprint density at radius 1 is 1.04 bits per heavy atom. The Labute approximate surface area is 151 Å². The minimum absolute atomic E-state index is 0.00739. The number of carboxylic acids is 1. The fourth-order valence-electron chi connectivity index (χ4n) is 4.17. The molecule has 0 radical (unpaired) electrons. The predicted octanol–water partition coefficient (Wildman–Crippen LogP) is 2.89. The fourth-order valence-corrected chi connectivity index (χ4v) is 4.17. The second-order valence-electron chi connectivity index (χ2n) is 6.99. The SMILES string of the molecule is O=C(O)[C@H]1[C@H](C(=O)NCc2ccc(-c3cccnc3)cc2)[C@H]2C=C[C@H]1C2. The summed E-state index contributed by atoms with van der Waals surface area (Å²) in [6.07, 6.45) is 8.27. The summed E-state index contributed by atoms with van der Waals surface area (Å²) in [5, 5.41) is 12.4. The molecule has 2 bridgehead atoms. The minimum Gasteiger partial charge on any atom is -0.481 e. The van der Waals surface area contributed by atoms with E-state index in [-0.39, 0.29) is 17.7 Å². The maximum Gasteiger partial charge on any atom is 0.307 e. The average Bonchev–Trinajstić information content (AvgIpc) is 3.29. The lowest BCUT2D eigenvalue weighted by molar-refractivity contribution is -0.147. The Bertz CT molecular complexity index is 845. The van der Waals surface area contributed by atoms with E-state index in [0.29, 0.717) is 6.54 Å². The Morgan fingerprint density at radius 2 is 1.77 bits per heavy atom. The van der Waals surface area contributed by atoms with Crippen LogP contribution in [0.2, 0.25) is 0 Å². The lowest BCUT2D eigenvalue weighted by Crippen LogP contribution is -2.39. The van der Waals surface area contributed by atoms with Crippen LogP contribution in [0.15, 0.2) is 60.9 Å². The summed E-state index contributed by atoms with van der Waals surface area (Å²) >= 11 is 0.